The van der Waals surface area contributed by atoms with Gasteiger partial charge in [-0.3, -0.25) is 4.98 Å². The van der Waals surface area contributed by atoms with Gasteiger partial charge in [0.15, 0.2) is 0 Å². The van der Waals surface area contributed by atoms with E-state index in [2.05, 4.69) is 38.7 Å². The summed E-state index contributed by atoms with van der Waals surface area (Å²) >= 11 is 0. The molecular weight excluding hydrogens is 400 g/mol. The lowest BCUT2D eigenvalue weighted by molar-refractivity contribution is 0.188. The van der Waals surface area contributed by atoms with Crippen LogP contribution >= 0.6 is 0 Å². The van der Waals surface area contributed by atoms with Crippen molar-refractivity contribution in [2.45, 2.75) is 38.3 Å². The molecule has 3 aliphatic heterocycles. The molecule has 6 heterocycles. The number of anilines is 1. The fraction of sp³-hybridized carbons (Fsp3) is 0.480. The van der Waals surface area contributed by atoms with Crippen LogP contribution in [0.15, 0.2) is 42.9 Å². The van der Waals surface area contributed by atoms with Gasteiger partial charge in [-0.2, -0.15) is 0 Å². The smallest absolute Gasteiger partial charge is 0.146 e. The number of rotatable bonds is 3. The number of fused-ring (bicyclic) bond motifs is 3. The molecule has 2 saturated heterocycles. The van der Waals surface area contributed by atoms with Crippen LogP contribution < -0.4 is 9.64 Å². The molecule has 0 aromatic carbocycles. The summed E-state index contributed by atoms with van der Waals surface area (Å²) in [6.07, 6.45) is 11.0. The fourth-order valence-electron chi connectivity index (χ4n) is 5.65. The second-order valence-corrected chi connectivity index (χ2v) is 9.31. The molecule has 2 fully saturated rings. The Morgan fingerprint density at radius 1 is 1.03 bits per heavy atom. The first-order valence-electron chi connectivity index (χ1n) is 11.8. The number of likely N-dealkylation sites (tertiary alicyclic amines) is 1. The van der Waals surface area contributed by atoms with Crippen molar-refractivity contribution in [1.29, 1.82) is 0 Å². The molecule has 7 heteroatoms. The number of pyridine rings is 2. The van der Waals surface area contributed by atoms with Crippen molar-refractivity contribution in [2.24, 2.45) is 5.92 Å². The summed E-state index contributed by atoms with van der Waals surface area (Å²) < 4.78 is 8.34. The molecule has 0 aliphatic carbocycles. The molecule has 0 radical (unpaired) electrons. The summed E-state index contributed by atoms with van der Waals surface area (Å²) in [4.78, 5) is 19.3. The third-order valence-electron chi connectivity index (χ3n) is 7.18. The molecule has 3 aromatic heterocycles. The molecule has 2 atom stereocenters. The monoisotopic (exact) mass is 430 g/mol. The van der Waals surface area contributed by atoms with Crippen LogP contribution in [-0.2, 0) is 6.54 Å². The molecule has 0 bridgehead atoms. The molecule has 0 N–H and O–H groups in total. The Labute approximate surface area is 189 Å². The molecule has 7 nitrogen and oxygen atoms in total. The summed E-state index contributed by atoms with van der Waals surface area (Å²) in [6.45, 7) is 4.88. The highest BCUT2D eigenvalue weighted by atomic mass is 16.5. The van der Waals surface area contributed by atoms with Gasteiger partial charge in [0.2, 0.25) is 0 Å². The van der Waals surface area contributed by atoms with E-state index in [1.165, 1.54) is 38.8 Å². The van der Waals surface area contributed by atoms with Crippen molar-refractivity contribution in [3.05, 3.63) is 42.9 Å². The second-order valence-electron chi connectivity index (χ2n) is 9.31. The van der Waals surface area contributed by atoms with Gasteiger partial charge in [0.25, 0.3) is 0 Å². The van der Waals surface area contributed by atoms with E-state index in [0.717, 1.165) is 53.4 Å². The minimum atomic E-state index is 0.576. The van der Waals surface area contributed by atoms with Crippen molar-refractivity contribution in [3.63, 3.8) is 0 Å². The predicted molar refractivity (Wildman–Crippen MR) is 125 cm³/mol. The number of nitrogens with zero attached hydrogens (tertiary/aromatic N) is 6. The van der Waals surface area contributed by atoms with E-state index in [9.17, 15) is 0 Å². The number of hydrogen-bond donors (Lipinski definition) is 0. The van der Waals surface area contributed by atoms with Gasteiger partial charge in [0.05, 0.1) is 17.8 Å². The molecular formula is C25H30N6O. The van der Waals surface area contributed by atoms with Crippen LogP contribution in [0, 0.1) is 5.92 Å². The maximum absolute atomic E-state index is 6.18. The van der Waals surface area contributed by atoms with Crippen molar-refractivity contribution in [1.82, 2.24) is 24.4 Å². The van der Waals surface area contributed by atoms with E-state index in [0.29, 0.717) is 12.6 Å². The Kier molecular flexibility index (Phi) is 5.06. The Morgan fingerprint density at radius 2 is 1.97 bits per heavy atom. The van der Waals surface area contributed by atoms with Gasteiger partial charge in [-0.25, -0.2) is 9.97 Å². The third kappa shape index (κ3) is 3.54. The minimum Gasteiger partial charge on any atom is -0.491 e. The summed E-state index contributed by atoms with van der Waals surface area (Å²) in [5, 5.41) is 0. The largest absolute Gasteiger partial charge is 0.491 e. The molecule has 3 aromatic rings. The molecule has 0 spiro atoms. The Hall–Kier alpha value is -2.93. The number of ether oxygens (including phenoxy) is 1. The molecule has 0 amide bonds. The molecule has 6 rings (SSSR count). The Morgan fingerprint density at radius 3 is 2.84 bits per heavy atom. The first kappa shape index (κ1) is 19.7. The lowest BCUT2D eigenvalue weighted by atomic mass is 9.89. The van der Waals surface area contributed by atoms with Gasteiger partial charge in [-0.1, -0.05) is 6.07 Å². The first-order chi connectivity index (χ1) is 15.8. The zero-order valence-electron chi connectivity index (χ0n) is 18.7. The lowest BCUT2D eigenvalue weighted by Crippen LogP contribution is -2.44. The average Bonchev–Trinajstić information content (AvgIpc) is 3.44. The van der Waals surface area contributed by atoms with Crippen molar-refractivity contribution < 1.29 is 4.74 Å². The molecule has 2 unspecified atom stereocenters. The second kappa shape index (κ2) is 8.20. The van der Waals surface area contributed by atoms with Gasteiger partial charge < -0.3 is 19.1 Å². The van der Waals surface area contributed by atoms with Crippen molar-refractivity contribution in [3.8, 4) is 28.5 Å². The first-order valence-corrected chi connectivity index (χ1v) is 11.8. The Balaban J connectivity index is 1.32. The highest BCUT2D eigenvalue weighted by Gasteiger charge is 2.35. The van der Waals surface area contributed by atoms with Crippen molar-refractivity contribution >= 4 is 5.82 Å². The molecule has 0 saturated carbocycles. The normalized spacial score (nSPS) is 23.3. The number of hydrogen-bond acceptors (Lipinski definition) is 6. The van der Waals surface area contributed by atoms with Crippen LogP contribution in [0.3, 0.4) is 0 Å². The number of piperidine rings is 1. The fourth-order valence-corrected chi connectivity index (χ4v) is 5.65. The molecule has 166 valence electrons. The van der Waals surface area contributed by atoms with Crippen LogP contribution in [0.2, 0.25) is 0 Å². The van der Waals surface area contributed by atoms with Crippen LogP contribution in [0.5, 0.6) is 5.75 Å². The van der Waals surface area contributed by atoms with Crippen LogP contribution in [0.1, 0.15) is 25.7 Å². The lowest BCUT2D eigenvalue weighted by Gasteiger charge is -2.38. The minimum absolute atomic E-state index is 0.576. The van der Waals surface area contributed by atoms with Crippen molar-refractivity contribution in [2.75, 3.05) is 38.2 Å². The van der Waals surface area contributed by atoms with Gasteiger partial charge in [0, 0.05) is 43.8 Å². The third-order valence-corrected chi connectivity index (χ3v) is 7.18. The van der Waals surface area contributed by atoms with Gasteiger partial charge in [-0.05, 0) is 57.3 Å². The predicted octanol–water partition coefficient (Wildman–Crippen LogP) is 3.71. The summed E-state index contributed by atoms with van der Waals surface area (Å²) in [6, 6.07) is 8.64. The summed E-state index contributed by atoms with van der Waals surface area (Å²) in [5.74, 6) is 3.56. The SMILES string of the molecule is CN1CCCC(C2CCCN2c2cc3c(cn2)-c2nc(-c4ccccn4)cn2CCO3)C1. The zero-order chi connectivity index (χ0) is 21.5. The zero-order valence-corrected chi connectivity index (χ0v) is 18.7. The van der Waals surface area contributed by atoms with Gasteiger partial charge in [0.1, 0.15) is 29.7 Å². The maximum Gasteiger partial charge on any atom is 0.146 e. The van der Waals surface area contributed by atoms with Crippen LogP contribution in [-0.4, -0.2) is 63.7 Å². The average molecular weight is 431 g/mol. The number of aromatic nitrogens is 4. The number of imidazole rings is 1. The van der Waals surface area contributed by atoms with E-state index < -0.39 is 0 Å². The quantitative estimate of drug-likeness (QED) is 0.631. The molecule has 32 heavy (non-hydrogen) atoms. The maximum atomic E-state index is 6.18. The summed E-state index contributed by atoms with van der Waals surface area (Å²) in [5.41, 5.74) is 2.73. The standard InChI is InChI=1S/C25H30N6O/c1-29-10-4-6-18(16-29)22-8-5-11-31(22)24-14-23-19(15-27-24)25-28-21(17-30(25)12-13-32-23)20-7-2-3-9-26-20/h2-3,7,9,14-15,17-18,22H,4-6,8,10-13,16H2,1H3. The van der Waals surface area contributed by atoms with E-state index in [4.69, 9.17) is 14.7 Å². The van der Waals surface area contributed by atoms with E-state index in [-0.39, 0.29) is 0 Å². The highest BCUT2D eigenvalue weighted by Crippen LogP contribution is 2.38. The van der Waals surface area contributed by atoms with E-state index >= 15 is 0 Å². The summed E-state index contributed by atoms with van der Waals surface area (Å²) in [7, 11) is 2.25. The highest BCUT2D eigenvalue weighted by molar-refractivity contribution is 5.70. The van der Waals surface area contributed by atoms with Gasteiger partial charge in [-0.15, -0.1) is 0 Å². The Bertz CT molecular complexity index is 1100. The van der Waals surface area contributed by atoms with E-state index in [1.807, 2.05) is 24.4 Å². The van der Waals surface area contributed by atoms with Crippen LogP contribution in [0.25, 0.3) is 22.8 Å². The van der Waals surface area contributed by atoms with E-state index in [1.54, 1.807) is 6.20 Å². The van der Waals surface area contributed by atoms with Gasteiger partial charge >= 0.3 is 0 Å². The molecule has 3 aliphatic rings. The topological polar surface area (TPSA) is 59.3 Å². The van der Waals surface area contributed by atoms with Crippen LogP contribution in [0.4, 0.5) is 5.82 Å².